The molecular weight excluding hydrogens is 486 g/mol. The number of nitrogens with one attached hydrogen (secondary N) is 1. The van der Waals surface area contributed by atoms with Crippen LogP contribution in [0, 0.1) is 35.0 Å². The van der Waals surface area contributed by atoms with Gasteiger partial charge in [0, 0.05) is 36.6 Å². The summed E-state index contributed by atoms with van der Waals surface area (Å²) in [5.74, 6) is -1.43. The lowest BCUT2D eigenvalue weighted by molar-refractivity contribution is -0.175. The summed E-state index contributed by atoms with van der Waals surface area (Å²) < 4.78 is 25.1. The van der Waals surface area contributed by atoms with Crippen LogP contribution in [0.2, 0.25) is 0 Å². The Morgan fingerprint density at radius 3 is 2.50 bits per heavy atom. The Balaban J connectivity index is 1.39. The number of carbonyl (C=O) groups is 3. The molecule has 6 aliphatic rings. The van der Waals surface area contributed by atoms with E-state index in [0.29, 0.717) is 12.8 Å². The summed E-state index contributed by atoms with van der Waals surface area (Å²) in [6.45, 7) is 9.54. The van der Waals surface area contributed by atoms with Gasteiger partial charge in [0.05, 0.1) is 30.0 Å². The van der Waals surface area contributed by atoms with Crippen LogP contribution in [-0.4, -0.2) is 65.9 Å². The first kappa shape index (κ1) is 24.7. The average Bonchev–Trinajstić information content (AvgIpc) is 3.79. The van der Waals surface area contributed by atoms with Gasteiger partial charge in [-0.3, -0.25) is 14.4 Å². The molecule has 1 amide bonds. The molecule has 4 heterocycles. The van der Waals surface area contributed by atoms with Crippen molar-refractivity contribution in [3.05, 3.63) is 35.9 Å². The summed E-state index contributed by atoms with van der Waals surface area (Å²) in [6.07, 6.45) is -1.02. The number of ether oxygens (including phenoxy) is 4. The maximum Gasteiger partial charge on any atom is 0.303 e. The molecule has 0 radical (unpaired) electrons. The Kier molecular flexibility index (Phi) is 5.28. The molecule has 1 N–H and O–H groups in total. The first-order chi connectivity index (χ1) is 18.1. The number of carbonyl (C=O) groups excluding carboxylic acids is 3. The van der Waals surface area contributed by atoms with E-state index in [0.717, 1.165) is 5.56 Å². The smallest absolute Gasteiger partial charge is 0.303 e. The summed E-state index contributed by atoms with van der Waals surface area (Å²) in [6, 6.07) is 10.00. The van der Waals surface area contributed by atoms with E-state index in [1.165, 1.54) is 6.92 Å². The van der Waals surface area contributed by atoms with Crippen molar-refractivity contribution in [1.82, 2.24) is 5.32 Å². The van der Waals surface area contributed by atoms with Crippen molar-refractivity contribution in [3.63, 3.8) is 0 Å². The predicted octanol–water partition coefficient (Wildman–Crippen LogP) is 2.46. The second-order valence-corrected chi connectivity index (χ2v) is 12.8. The number of fused-ring (bicyclic) bond motifs is 5. The fourth-order valence-electron chi connectivity index (χ4n) is 8.78. The summed E-state index contributed by atoms with van der Waals surface area (Å²) in [5, 5.41) is 3.37. The Morgan fingerprint density at radius 1 is 1.05 bits per heavy atom. The molecule has 0 bridgehead atoms. The molecule has 0 unspecified atom stereocenters. The van der Waals surface area contributed by atoms with Crippen LogP contribution in [0.4, 0.5) is 0 Å². The molecule has 7 rings (SSSR count). The molecule has 38 heavy (non-hydrogen) atoms. The van der Waals surface area contributed by atoms with E-state index in [9.17, 15) is 14.4 Å². The van der Waals surface area contributed by atoms with Gasteiger partial charge in [0.25, 0.3) is 0 Å². The quantitative estimate of drug-likeness (QED) is 0.479. The minimum atomic E-state index is -1.08. The highest BCUT2D eigenvalue weighted by atomic mass is 16.6. The van der Waals surface area contributed by atoms with Crippen molar-refractivity contribution in [2.45, 2.75) is 95.7 Å². The van der Waals surface area contributed by atoms with Gasteiger partial charge in [0.2, 0.25) is 5.91 Å². The van der Waals surface area contributed by atoms with Gasteiger partial charge in [-0.1, -0.05) is 51.1 Å². The van der Waals surface area contributed by atoms with E-state index in [1.807, 2.05) is 32.0 Å². The molecule has 204 valence electrons. The third-order valence-electron chi connectivity index (χ3n) is 10.8. The van der Waals surface area contributed by atoms with Gasteiger partial charge in [0.15, 0.2) is 0 Å². The molecule has 0 aromatic heterocycles. The van der Waals surface area contributed by atoms with Crippen LogP contribution in [0.15, 0.2) is 30.3 Å². The van der Waals surface area contributed by atoms with E-state index in [1.54, 1.807) is 0 Å². The van der Waals surface area contributed by atoms with Crippen molar-refractivity contribution in [3.8, 4) is 0 Å². The lowest BCUT2D eigenvalue weighted by Gasteiger charge is -2.50. The zero-order valence-electron chi connectivity index (χ0n) is 22.6. The zero-order chi connectivity index (χ0) is 26.7. The minimum absolute atomic E-state index is 0.0203. The third-order valence-corrected chi connectivity index (χ3v) is 10.8. The third kappa shape index (κ3) is 3.29. The number of esters is 1. The molecule has 1 aromatic rings. The molecule has 2 aliphatic carbocycles. The number of Topliss-reactive ketones (excluding diaryl/α,β-unsaturated/α-hetero) is 1. The monoisotopic (exact) mass is 523 g/mol. The molecule has 14 atom stereocenters. The number of benzene rings is 1. The molecule has 4 aliphatic heterocycles. The van der Waals surface area contributed by atoms with E-state index in [4.69, 9.17) is 18.9 Å². The minimum Gasteiger partial charge on any atom is -0.458 e. The first-order valence-corrected chi connectivity index (χ1v) is 14.1. The summed E-state index contributed by atoms with van der Waals surface area (Å²) >= 11 is 0. The Morgan fingerprint density at radius 2 is 1.79 bits per heavy atom. The normalized spacial score (nSPS) is 52.1. The van der Waals surface area contributed by atoms with Gasteiger partial charge in [-0.05, 0) is 31.2 Å². The van der Waals surface area contributed by atoms with Crippen molar-refractivity contribution < 1.29 is 33.3 Å². The first-order valence-electron chi connectivity index (χ1n) is 14.1. The maximum atomic E-state index is 14.5. The fraction of sp³-hybridized carbons (Fsp3) is 0.700. The van der Waals surface area contributed by atoms with Gasteiger partial charge in [-0.25, -0.2) is 0 Å². The van der Waals surface area contributed by atoms with Crippen molar-refractivity contribution in [1.29, 1.82) is 0 Å². The Hall–Kier alpha value is -2.29. The molecule has 1 aromatic carbocycles. The van der Waals surface area contributed by atoms with Gasteiger partial charge in [-0.2, -0.15) is 0 Å². The lowest BCUT2D eigenvalue weighted by Crippen LogP contribution is -2.64. The lowest BCUT2D eigenvalue weighted by atomic mass is 9.50. The standard InChI is InChI=1S/C30H37NO7/c1-13-11-19-24(36-19)21-26-29(5,38-26)15(3)20-18(12-17-9-7-6-8-10-17)31-28(34)30(20,21)27(35-16(4)32)25-23(37-25)14(2)22(13)33/h6-10,13-15,18-21,23-27H,11-12H2,1-5H3,(H,31,34)/t13-,14+,15-,18-,19+,20-,21-,23-,24-,25+,26-,27+,29+,30+/m0/s1. The van der Waals surface area contributed by atoms with E-state index in [2.05, 4.69) is 31.3 Å². The highest BCUT2D eigenvalue weighted by Crippen LogP contribution is 2.70. The van der Waals surface area contributed by atoms with Gasteiger partial charge >= 0.3 is 5.97 Å². The second-order valence-electron chi connectivity index (χ2n) is 12.8. The van der Waals surface area contributed by atoms with Crippen LogP contribution in [-0.2, 0) is 39.8 Å². The van der Waals surface area contributed by atoms with Gasteiger partial charge in [0.1, 0.15) is 23.4 Å². The fourth-order valence-corrected chi connectivity index (χ4v) is 8.78. The van der Waals surface area contributed by atoms with Crippen LogP contribution in [0.3, 0.4) is 0 Å². The Bertz CT molecular complexity index is 1190. The molecule has 8 heteroatoms. The number of hydrogen-bond acceptors (Lipinski definition) is 7. The van der Waals surface area contributed by atoms with Crippen LogP contribution in [0.1, 0.15) is 46.6 Å². The van der Waals surface area contributed by atoms with E-state index in [-0.39, 0.29) is 71.7 Å². The molecule has 2 saturated carbocycles. The largest absolute Gasteiger partial charge is 0.458 e. The van der Waals surface area contributed by atoms with Crippen molar-refractivity contribution in [2.24, 2.45) is 35.0 Å². The van der Waals surface area contributed by atoms with Gasteiger partial charge in [-0.15, -0.1) is 0 Å². The number of ketones is 1. The average molecular weight is 524 g/mol. The highest BCUT2D eigenvalue weighted by molar-refractivity contribution is 5.89. The highest BCUT2D eigenvalue weighted by Gasteiger charge is 2.84. The maximum absolute atomic E-state index is 14.5. The van der Waals surface area contributed by atoms with E-state index >= 15 is 0 Å². The van der Waals surface area contributed by atoms with Crippen molar-refractivity contribution in [2.75, 3.05) is 0 Å². The summed E-state index contributed by atoms with van der Waals surface area (Å²) in [4.78, 5) is 40.4. The number of epoxide rings is 3. The number of hydrogen-bond donors (Lipinski definition) is 1. The number of rotatable bonds is 3. The van der Waals surface area contributed by atoms with E-state index < -0.39 is 29.2 Å². The van der Waals surface area contributed by atoms with Crippen LogP contribution >= 0.6 is 0 Å². The molecule has 4 saturated heterocycles. The molecule has 6 fully saturated rings. The van der Waals surface area contributed by atoms with Crippen LogP contribution in [0.5, 0.6) is 0 Å². The summed E-state index contributed by atoms with van der Waals surface area (Å²) in [7, 11) is 0. The molecule has 1 spiro atoms. The topological polar surface area (TPSA) is 110 Å². The second kappa shape index (κ2) is 8.12. The molecule has 8 nitrogen and oxygen atoms in total. The summed E-state index contributed by atoms with van der Waals surface area (Å²) in [5.41, 5.74) is -0.339. The van der Waals surface area contributed by atoms with Crippen LogP contribution < -0.4 is 5.32 Å². The van der Waals surface area contributed by atoms with Crippen LogP contribution in [0.25, 0.3) is 0 Å². The SMILES string of the molecule is CC(=O)O[C@@H]1[C@@H]2O[C@H]2[C@H](C)C(=O)[C@@H](C)C[C@H]2O[C@@H]2[C@H]2[C@@H]3O[C@]3(C)[C@@H](C)[C@H]3[C@H](Cc4ccccc4)NC(=O)[C@]321. The van der Waals surface area contributed by atoms with Crippen molar-refractivity contribution >= 4 is 17.7 Å². The van der Waals surface area contributed by atoms with Gasteiger partial charge < -0.3 is 24.3 Å². The zero-order valence-corrected chi connectivity index (χ0v) is 22.6. The molecular formula is C30H37NO7. The number of amides is 1. The predicted molar refractivity (Wildman–Crippen MR) is 135 cm³/mol. The Labute approximate surface area is 223 Å².